The molecule has 0 amide bonds. The minimum Gasteiger partial charge on any atom is -0.456 e. The molecular formula is C43H25N3O2. The van der Waals surface area contributed by atoms with E-state index in [0.29, 0.717) is 17.5 Å². The zero-order chi connectivity index (χ0) is 31.6. The molecule has 0 bridgehead atoms. The van der Waals surface area contributed by atoms with Crippen molar-refractivity contribution < 1.29 is 8.83 Å². The number of fused-ring (bicyclic) bond motifs is 7. The highest BCUT2D eigenvalue weighted by atomic mass is 16.3. The minimum absolute atomic E-state index is 0.580. The Hall–Kier alpha value is -6.59. The van der Waals surface area contributed by atoms with E-state index in [-0.39, 0.29) is 0 Å². The van der Waals surface area contributed by atoms with E-state index in [1.54, 1.807) is 0 Å². The number of rotatable bonds is 4. The summed E-state index contributed by atoms with van der Waals surface area (Å²) in [6.45, 7) is 0. The third kappa shape index (κ3) is 4.22. The van der Waals surface area contributed by atoms with E-state index in [9.17, 15) is 0 Å². The van der Waals surface area contributed by atoms with Crippen LogP contribution in [0.3, 0.4) is 0 Å². The lowest BCUT2D eigenvalue weighted by molar-refractivity contribution is 0.668. The van der Waals surface area contributed by atoms with Gasteiger partial charge in [-0.05, 0) is 58.3 Å². The Balaban J connectivity index is 1.29. The lowest BCUT2D eigenvalue weighted by Gasteiger charge is -2.11. The largest absolute Gasteiger partial charge is 0.456 e. The molecule has 10 aromatic rings. The molecule has 3 heterocycles. The van der Waals surface area contributed by atoms with Crippen LogP contribution in [0.1, 0.15) is 0 Å². The fourth-order valence-corrected chi connectivity index (χ4v) is 6.87. The van der Waals surface area contributed by atoms with Crippen LogP contribution in [0, 0.1) is 0 Å². The molecular weight excluding hydrogens is 590 g/mol. The molecule has 10 rings (SSSR count). The topological polar surface area (TPSA) is 65.0 Å². The number of benzene rings is 7. The minimum atomic E-state index is 0.580. The van der Waals surface area contributed by atoms with Gasteiger partial charge in [0.15, 0.2) is 17.5 Å². The van der Waals surface area contributed by atoms with Crippen molar-refractivity contribution in [1.29, 1.82) is 0 Å². The number of furan rings is 2. The Morgan fingerprint density at radius 1 is 0.333 bits per heavy atom. The SMILES string of the molecule is c1ccc(-c2nc(-c3ccccc3)nc(-c3cc(-c4cccc5oc6cc7ccccc7cc6c45)cc4oc5ccccc5c34)n2)cc1. The molecule has 0 spiro atoms. The standard InChI is InChI=1S/C43H25N3O2/c1-3-12-26(13-4-1)41-44-42(27-14-5-2-6-15-27)46-43(45-41)34-23-30(25-38-40(34)32-18-9-10-20-35(32)47-38)31-19-11-21-36-39(31)33-22-28-16-7-8-17-29(28)24-37(33)48-36/h1-25H. The van der Waals surface area contributed by atoms with Crippen LogP contribution < -0.4 is 0 Å². The maximum atomic E-state index is 6.55. The van der Waals surface area contributed by atoms with Gasteiger partial charge in [0.05, 0.1) is 0 Å². The average molecular weight is 616 g/mol. The normalized spacial score (nSPS) is 11.8. The summed E-state index contributed by atoms with van der Waals surface area (Å²) < 4.78 is 13.0. The third-order valence-electron chi connectivity index (χ3n) is 9.09. The first kappa shape index (κ1) is 26.6. The van der Waals surface area contributed by atoms with Gasteiger partial charge < -0.3 is 8.83 Å². The first-order valence-electron chi connectivity index (χ1n) is 15.9. The van der Waals surface area contributed by atoms with Crippen molar-refractivity contribution in [2.45, 2.75) is 0 Å². The number of nitrogens with zero attached hydrogens (tertiary/aromatic N) is 3. The van der Waals surface area contributed by atoms with Gasteiger partial charge in [-0.25, -0.2) is 15.0 Å². The van der Waals surface area contributed by atoms with Gasteiger partial charge >= 0.3 is 0 Å². The second-order valence-corrected chi connectivity index (χ2v) is 12.0. The van der Waals surface area contributed by atoms with E-state index in [1.807, 2.05) is 91.0 Å². The number of hydrogen-bond donors (Lipinski definition) is 0. The molecule has 5 nitrogen and oxygen atoms in total. The Morgan fingerprint density at radius 3 is 1.67 bits per heavy atom. The highest BCUT2D eigenvalue weighted by Crippen LogP contribution is 2.43. The summed E-state index contributed by atoms with van der Waals surface area (Å²) in [7, 11) is 0. The third-order valence-corrected chi connectivity index (χ3v) is 9.09. The molecule has 0 atom stereocenters. The van der Waals surface area contributed by atoms with Gasteiger partial charge in [0, 0.05) is 38.2 Å². The van der Waals surface area contributed by atoms with Gasteiger partial charge in [0.1, 0.15) is 22.3 Å². The predicted molar refractivity (Wildman–Crippen MR) is 194 cm³/mol. The van der Waals surface area contributed by atoms with E-state index < -0.39 is 0 Å². The molecule has 0 aliphatic rings. The zero-order valence-corrected chi connectivity index (χ0v) is 25.6. The Morgan fingerprint density at radius 2 is 0.917 bits per heavy atom. The van der Waals surface area contributed by atoms with Gasteiger partial charge in [0.25, 0.3) is 0 Å². The monoisotopic (exact) mass is 615 g/mol. The van der Waals surface area contributed by atoms with Crippen molar-refractivity contribution in [2.24, 2.45) is 0 Å². The van der Waals surface area contributed by atoms with Crippen LogP contribution in [0.4, 0.5) is 0 Å². The van der Waals surface area contributed by atoms with E-state index in [0.717, 1.165) is 77.1 Å². The van der Waals surface area contributed by atoms with Crippen molar-refractivity contribution in [3.63, 3.8) is 0 Å². The summed E-state index contributed by atoms with van der Waals surface area (Å²) in [5.74, 6) is 1.80. The molecule has 0 N–H and O–H groups in total. The van der Waals surface area contributed by atoms with Gasteiger partial charge in [-0.1, -0.05) is 115 Å². The van der Waals surface area contributed by atoms with Crippen molar-refractivity contribution in [3.8, 4) is 45.3 Å². The molecule has 0 radical (unpaired) electrons. The van der Waals surface area contributed by atoms with Crippen molar-refractivity contribution >= 4 is 54.6 Å². The summed E-state index contributed by atoms with van der Waals surface area (Å²) in [5, 5.41) is 6.43. The van der Waals surface area contributed by atoms with Crippen LogP contribution in [0.2, 0.25) is 0 Å². The Bertz CT molecular complexity index is 2780. The summed E-state index contributed by atoms with van der Waals surface area (Å²) in [6.07, 6.45) is 0. The average Bonchev–Trinajstić information content (AvgIpc) is 3.72. The number of para-hydroxylation sites is 1. The summed E-state index contributed by atoms with van der Waals surface area (Å²) in [4.78, 5) is 15.2. The molecule has 0 fully saturated rings. The Kier molecular flexibility index (Phi) is 5.81. The lowest BCUT2D eigenvalue weighted by atomic mass is 9.94. The summed E-state index contributed by atoms with van der Waals surface area (Å²) in [5.41, 5.74) is 8.02. The molecule has 0 unspecified atom stereocenters. The van der Waals surface area contributed by atoms with Crippen molar-refractivity contribution in [2.75, 3.05) is 0 Å². The maximum absolute atomic E-state index is 6.55. The Labute approximate surface area is 274 Å². The van der Waals surface area contributed by atoms with Gasteiger partial charge in [0.2, 0.25) is 0 Å². The van der Waals surface area contributed by atoms with Crippen molar-refractivity contribution in [1.82, 2.24) is 15.0 Å². The molecule has 224 valence electrons. The zero-order valence-electron chi connectivity index (χ0n) is 25.6. The van der Waals surface area contributed by atoms with Crippen LogP contribution in [0.15, 0.2) is 160 Å². The van der Waals surface area contributed by atoms with E-state index in [2.05, 4.69) is 60.7 Å². The molecule has 0 aliphatic carbocycles. The highest BCUT2D eigenvalue weighted by molar-refractivity contribution is 6.18. The number of aromatic nitrogens is 3. The van der Waals surface area contributed by atoms with E-state index in [4.69, 9.17) is 23.8 Å². The maximum Gasteiger partial charge on any atom is 0.164 e. The molecule has 5 heteroatoms. The van der Waals surface area contributed by atoms with Crippen molar-refractivity contribution in [3.05, 3.63) is 152 Å². The molecule has 0 saturated carbocycles. The predicted octanol–water partition coefficient (Wildman–Crippen LogP) is 11.5. The van der Waals surface area contributed by atoms with E-state index >= 15 is 0 Å². The number of hydrogen-bond acceptors (Lipinski definition) is 5. The summed E-state index contributed by atoms with van der Waals surface area (Å²) >= 11 is 0. The van der Waals surface area contributed by atoms with Crippen LogP contribution in [-0.4, -0.2) is 15.0 Å². The molecule has 3 aromatic heterocycles. The fourth-order valence-electron chi connectivity index (χ4n) is 6.87. The highest BCUT2D eigenvalue weighted by Gasteiger charge is 2.21. The second kappa shape index (κ2) is 10.5. The van der Waals surface area contributed by atoms with Crippen LogP contribution in [0.5, 0.6) is 0 Å². The summed E-state index contributed by atoms with van der Waals surface area (Å²) in [6, 6.07) is 51.6. The first-order chi connectivity index (χ1) is 23.8. The van der Waals surface area contributed by atoms with Gasteiger partial charge in [-0.15, -0.1) is 0 Å². The fraction of sp³-hybridized carbons (Fsp3) is 0. The molecule has 48 heavy (non-hydrogen) atoms. The molecule has 7 aromatic carbocycles. The first-order valence-corrected chi connectivity index (χ1v) is 15.9. The van der Waals surface area contributed by atoms with E-state index in [1.165, 1.54) is 5.39 Å². The van der Waals surface area contributed by atoms with Crippen LogP contribution >= 0.6 is 0 Å². The molecule has 0 aliphatic heterocycles. The molecule has 0 saturated heterocycles. The smallest absolute Gasteiger partial charge is 0.164 e. The van der Waals surface area contributed by atoms with Crippen LogP contribution in [-0.2, 0) is 0 Å². The van der Waals surface area contributed by atoms with Gasteiger partial charge in [-0.3, -0.25) is 0 Å². The second-order valence-electron chi connectivity index (χ2n) is 12.0. The van der Waals surface area contributed by atoms with Gasteiger partial charge in [-0.2, -0.15) is 0 Å². The quantitative estimate of drug-likeness (QED) is 0.197. The van der Waals surface area contributed by atoms with Crippen LogP contribution in [0.25, 0.3) is 99.9 Å². The lowest BCUT2D eigenvalue weighted by Crippen LogP contribution is -2.00.